The molecule has 33 heavy (non-hydrogen) atoms. The van der Waals surface area contributed by atoms with Crippen molar-refractivity contribution < 1.29 is 14.3 Å². The minimum atomic E-state index is -0.327. The summed E-state index contributed by atoms with van der Waals surface area (Å²) in [6.07, 6.45) is 2.48. The number of rotatable bonds is 9. The van der Waals surface area contributed by atoms with Gasteiger partial charge in [-0.05, 0) is 66.1 Å². The molecular formula is C27H30N2O3S. The van der Waals surface area contributed by atoms with E-state index in [-0.39, 0.29) is 23.6 Å². The Labute approximate surface area is 199 Å². The fraction of sp³-hybridized carbons (Fsp3) is 0.259. The van der Waals surface area contributed by atoms with Crippen LogP contribution >= 0.6 is 11.3 Å². The summed E-state index contributed by atoms with van der Waals surface area (Å²) in [6.45, 7) is 6.11. The molecule has 0 saturated carbocycles. The molecule has 0 radical (unpaired) electrons. The van der Waals surface area contributed by atoms with E-state index in [1.165, 1.54) is 11.3 Å². The predicted octanol–water partition coefficient (Wildman–Crippen LogP) is 5.74. The molecule has 3 rings (SSSR count). The second kappa shape index (κ2) is 11.5. The molecule has 3 aromatic rings. The van der Waals surface area contributed by atoms with Gasteiger partial charge in [-0.25, -0.2) is 0 Å². The Balaban J connectivity index is 1.87. The van der Waals surface area contributed by atoms with Gasteiger partial charge >= 0.3 is 0 Å². The number of nitrogens with one attached hydrogen (secondary N) is 2. The molecule has 172 valence electrons. The molecule has 0 bridgehead atoms. The topological polar surface area (TPSA) is 67.4 Å². The first kappa shape index (κ1) is 24.3. The number of amides is 2. The summed E-state index contributed by atoms with van der Waals surface area (Å²) in [5.74, 6) is 0.489. The average molecular weight is 463 g/mol. The standard InChI is InChI=1S/C27H30N2O3S/c1-18(2)16-24(20-11-13-21(32-4)14-12-20)28-27(31)25(17-22-9-7-15-33-22)29-26(30)23-10-6-5-8-19(23)3/h5-15,17-18,24H,16H2,1-4H3,(H,28,31)(H,29,30)/b25-17-/t24-/m0/s1. The zero-order valence-electron chi connectivity index (χ0n) is 19.4. The number of hydrogen-bond donors (Lipinski definition) is 2. The summed E-state index contributed by atoms with van der Waals surface area (Å²) in [5, 5.41) is 7.90. The van der Waals surface area contributed by atoms with Crippen LogP contribution in [0.25, 0.3) is 6.08 Å². The highest BCUT2D eigenvalue weighted by Gasteiger charge is 2.21. The maximum Gasteiger partial charge on any atom is 0.268 e. The average Bonchev–Trinajstić information content (AvgIpc) is 3.31. The van der Waals surface area contributed by atoms with Crippen molar-refractivity contribution in [1.82, 2.24) is 10.6 Å². The first-order chi connectivity index (χ1) is 15.9. The van der Waals surface area contributed by atoms with Gasteiger partial charge in [-0.1, -0.05) is 50.2 Å². The van der Waals surface area contributed by atoms with Crippen molar-refractivity contribution in [3.63, 3.8) is 0 Å². The van der Waals surface area contributed by atoms with Crippen LogP contribution in [-0.2, 0) is 4.79 Å². The Morgan fingerprint density at radius 3 is 2.36 bits per heavy atom. The molecule has 5 nitrogen and oxygen atoms in total. The van der Waals surface area contributed by atoms with Crippen molar-refractivity contribution in [1.29, 1.82) is 0 Å². The van der Waals surface area contributed by atoms with Gasteiger partial charge in [0.1, 0.15) is 11.4 Å². The van der Waals surface area contributed by atoms with Gasteiger partial charge in [-0.2, -0.15) is 0 Å². The summed E-state index contributed by atoms with van der Waals surface area (Å²) in [4.78, 5) is 27.3. The van der Waals surface area contributed by atoms with E-state index in [0.29, 0.717) is 11.5 Å². The van der Waals surface area contributed by atoms with E-state index in [0.717, 1.165) is 28.2 Å². The van der Waals surface area contributed by atoms with Crippen molar-refractivity contribution in [2.75, 3.05) is 7.11 Å². The van der Waals surface area contributed by atoms with Gasteiger partial charge in [0.15, 0.2) is 0 Å². The zero-order chi connectivity index (χ0) is 23.8. The molecule has 6 heteroatoms. The van der Waals surface area contributed by atoms with Crippen LogP contribution in [-0.4, -0.2) is 18.9 Å². The molecule has 0 aliphatic rings. The van der Waals surface area contributed by atoms with Crippen LogP contribution in [0.15, 0.2) is 71.7 Å². The van der Waals surface area contributed by atoms with Crippen molar-refractivity contribution in [2.45, 2.75) is 33.2 Å². The maximum atomic E-state index is 13.4. The largest absolute Gasteiger partial charge is 0.497 e. The number of hydrogen-bond acceptors (Lipinski definition) is 4. The first-order valence-corrected chi connectivity index (χ1v) is 11.8. The number of aryl methyl sites for hydroxylation is 1. The third-order valence-electron chi connectivity index (χ3n) is 5.24. The van der Waals surface area contributed by atoms with E-state index in [1.807, 2.05) is 66.9 Å². The molecule has 1 atom stereocenters. The minimum Gasteiger partial charge on any atom is -0.497 e. The van der Waals surface area contributed by atoms with Crippen LogP contribution < -0.4 is 15.4 Å². The quantitative estimate of drug-likeness (QED) is 0.399. The normalized spacial score (nSPS) is 12.3. The summed E-state index contributed by atoms with van der Waals surface area (Å²) in [7, 11) is 1.63. The van der Waals surface area contributed by atoms with Crippen molar-refractivity contribution in [3.8, 4) is 5.75 Å². The van der Waals surface area contributed by atoms with Crippen LogP contribution in [0.1, 0.15) is 52.7 Å². The smallest absolute Gasteiger partial charge is 0.268 e. The van der Waals surface area contributed by atoms with E-state index in [4.69, 9.17) is 4.74 Å². The van der Waals surface area contributed by atoms with Crippen LogP contribution in [0.2, 0.25) is 0 Å². The highest BCUT2D eigenvalue weighted by molar-refractivity contribution is 7.10. The first-order valence-electron chi connectivity index (χ1n) is 10.9. The van der Waals surface area contributed by atoms with E-state index in [9.17, 15) is 9.59 Å². The summed E-state index contributed by atoms with van der Waals surface area (Å²) >= 11 is 1.50. The maximum absolute atomic E-state index is 13.4. The second-order valence-corrected chi connectivity index (χ2v) is 9.25. The minimum absolute atomic E-state index is 0.203. The third kappa shape index (κ3) is 6.80. The molecule has 1 heterocycles. The van der Waals surface area contributed by atoms with Crippen LogP contribution in [0, 0.1) is 12.8 Å². The fourth-order valence-corrected chi connectivity index (χ4v) is 4.17. The molecule has 2 aromatic carbocycles. The van der Waals surface area contributed by atoms with E-state index < -0.39 is 0 Å². The lowest BCUT2D eigenvalue weighted by atomic mass is 9.96. The molecule has 0 unspecified atom stereocenters. The molecular weight excluding hydrogens is 432 g/mol. The zero-order valence-corrected chi connectivity index (χ0v) is 20.2. The summed E-state index contributed by atoms with van der Waals surface area (Å²) in [6, 6.07) is 18.6. The molecule has 2 N–H and O–H groups in total. The van der Waals surface area contributed by atoms with Crippen LogP contribution in [0.3, 0.4) is 0 Å². The second-order valence-electron chi connectivity index (χ2n) is 8.27. The van der Waals surface area contributed by atoms with Gasteiger partial charge in [0, 0.05) is 10.4 Å². The predicted molar refractivity (Wildman–Crippen MR) is 134 cm³/mol. The summed E-state index contributed by atoms with van der Waals surface area (Å²) in [5.41, 5.74) is 2.59. The number of ether oxygens (including phenoxy) is 1. The van der Waals surface area contributed by atoms with Crippen molar-refractivity contribution in [2.24, 2.45) is 5.92 Å². The van der Waals surface area contributed by atoms with Gasteiger partial charge in [-0.15, -0.1) is 11.3 Å². The molecule has 2 amide bonds. The Bertz CT molecular complexity index is 1100. The molecule has 0 spiro atoms. The Morgan fingerprint density at radius 2 is 1.76 bits per heavy atom. The van der Waals surface area contributed by atoms with E-state index >= 15 is 0 Å². The molecule has 0 saturated heterocycles. The highest BCUT2D eigenvalue weighted by Crippen LogP contribution is 2.24. The van der Waals surface area contributed by atoms with Gasteiger partial charge in [0.05, 0.1) is 13.2 Å². The lowest BCUT2D eigenvalue weighted by Gasteiger charge is -2.22. The number of thiophene rings is 1. The van der Waals surface area contributed by atoms with Crippen molar-refractivity contribution >= 4 is 29.2 Å². The lowest BCUT2D eigenvalue weighted by molar-refractivity contribution is -0.118. The van der Waals surface area contributed by atoms with Gasteiger partial charge in [-0.3, -0.25) is 9.59 Å². The van der Waals surface area contributed by atoms with Gasteiger partial charge in [0.25, 0.3) is 11.8 Å². The van der Waals surface area contributed by atoms with Crippen LogP contribution in [0.4, 0.5) is 0 Å². The lowest BCUT2D eigenvalue weighted by Crippen LogP contribution is -2.37. The number of carbonyl (C=O) groups is 2. The fourth-order valence-electron chi connectivity index (χ4n) is 3.51. The Kier molecular flexibility index (Phi) is 8.44. The number of carbonyl (C=O) groups excluding carboxylic acids is 2. The molecule has 0 aliphatic carbocycles. The third-order valence-corrected chi connectivity index (χ3v) is 6.06. The van der Waals surface area contributed by atoms with E-state index in [2.05, 4.69) is 24.5 Å². The monoisotopic (exact) mass is 462 g/mol. The molecule has 0 fully saturated rings. The van der Waals surface area contributed by atoms with E-state index in [1.54, 1.807) is 19.3 Å². The SMILES string of the molecule is COc1ccc([C@H](CC(C)C)NC(=O)/C(=C/c2cccs2)NC(=O)c2ccccc2C)cc1. The molecule has 1 aromatic heterocycles. The highest BCUT2D eigenvalue weighted by atomic mass is 32.1. The molecule has 0 aliphatic heterocycles. The van der Waals surface area contributed by atoms with Gasteiger partial charge < -0.3 is 15.4 Å². The Morgan fingerprint density at radius 1 is 1.03 bits per heavy atom. The Hall–Kier alpha value is -3.38. The number of benzene rings is 2. The summed E-state index contributed by atoms with van der Waals surface area (Å²) < 4.78 is 5.26. The number of methoxy groups -OCH3 is 1. The van der Waals surface area contributed by atoms with Gasteiger partial charge in [0.2, 0.25) is 0 Å². The van der Waals surface area contributed by atoms with Crippen molar-refractivity contribution in [3.05, 3.63) is 93.3 Å². The van der Waals surface area contributed by atoms with Crippen LogP contribution in [0.5, 0.6) is 5.75 Å².